The van der Waals surface area contributed by atoms with Crippen molar-refractivity contribution >= 4 is 11.6 Å². The highest BCUT2D eigenvalue weighted by Crippen LogP contribution is 2.38. The molecule has 3 fully saturated rings. The monoisotopic (exact) mass is 439 g/mol. The molecule has 1 aromatic rings. The van der Waals surface area contributed by atoms with Gasteiger partial charge in [0.1, 0.15) is 0 Å². The first-order valence-electron chi connectivity index (χ1n) is 11.0. The van der Waals surface area contributed by atoms with Crippen LogP contribution in [0.5, 0.6) is 0 Å². The minimum Gasteiger partial charge on any atom is -0.381 e. The van der Waals surface area contributed by atoms with Gasteiger partial charge in [0.25, 0.3) is 0 Å². The third-order valence-corrected chi connectivity index (χ3v) is 6.82. The molecule has 1 spiro atoms. The van der Waals surface area contributed by atoms with E-state index in [2.05, 4.69) is 32.1 Å². The van der Waals surface area contributed by atoms with Gasteiger partial charge in [0.15, 0.2) is 5.96 Å². The average Bonchev–Trinajstić information content (AvgIpc) is 3.38. The number of likely N-dealkylation sites (tertiary alicyclic amines) is 1. The zero-order chi connectivity index (χ0) is 22.1. The van der Waals surface area contributed by atoms with E-state index in [-0.39, 0.29) is 5.41 Å². The van der Waals surface area contributed by atoms with E-state index in [0.29, 0.717) is 12.1 Å². The van der Waals surface area contributed by atoms with Crippen LogP contribution in [0.3, 0.4) is 0 Å². The highest BCUT2D eigenvalue weighted by molar-refractivity contribution is 5.80. The molecular weight excluding hydrogens is 407 g/mol. The van der Waals surface area contributed by atoms with E-state index in [1.54, 1.807) is 13.1 Å². The zero-order valence-electron chi connectivity index (χ0n) is 18.3. The minimum atomic E-state index is -4.36. The van der Waals surface area contributed by atoms with E-state index < -0.39 is 11.7 Å². The Bertz CT molecular complexity index is 799. The molecule has 1 atom stereocenters. The van der Waals surface area contributed by atoms with Gasteiger partial charge in [-0.1, -0.05) is 0 Å². The lowest BCUT2D eigenvalue weighted by atomic mass is 9.87. The summed E-state index contributed by atoms with van der Waals surface area (Å²) in [5.74, 6) is 0.741. The van der Waals surface area contributed by atoms with Crippen LogP contribution in [0.25, 0.3) is 0 Å². The van der Waals surface area contributed by atoms with Crippen LogP contribution in [0, 0.1) is 5.41 Å². The largest absolute Gasteiger partial charge is 0.416 e. The van der Waals surface area contributed by atoms with Gasteiger partial charge in [-0.2, -0.15) is 13.2 Å². The van der Waals surface area contributed by atoms with Crippen LogP contribution >= 0.6 is 0 Å². The molecule has 3 aliphatic heterocycles. The molecule has 0 aromatic heterocycles. The fourth-order valence-electron chi connectivity index (χ4n) is 4.85. The van der Waals surface area contributed by atoms with Gasteiger partial charge in [-0.05, 0) is 43.7 Å². The van der Waals surface area contributed by atoms with Gasteiger partial charge in [0, 0.05) is 70.6 Å². The number of ether oxygens (including phenoxy) is 1. The lowest BCUT2D eigenvalue weighted by molar-refractivity contribution is -0.137. The summed E-state index contributed by atoms with van der Waals surface area (Å²) in [6.07, 6.45) is -2.24. The normalized spacial score (nSPS) is 25.6. The van der Waals surface area contributed by atoms with E-state index in [1.807, 2.05) is 0 Å². The third-order valence-electron chi connectivity index (χ3n) is 6.82. The van der Waals surface area contributed by atoms with Crippen molar-refractivity contribution in [2.24, 2.45) is 10.4 Å². The number of likely N-dealkylation sites (N-methyl/N-ethyl adjacent to an activating group) is 1. The second-order valence-electron chi connectivity index (χ2n) is 9.01. The molecule has 1 aromatic carbocycles. The van der Waals surface area contributed by atoms with Crippen molar-refractivity contribution in [3.63, 3.8) is 0 Å². The second kappa shape index (κ2) is 8.86. The van der Waals surface area contributed by atoms with E-state index in [9.17, 15) is 13.2 Å². The Balaban J connectivity index is 1.50. The number of alkyl halides is 3. The summed E-state index contributed by atoms with van der Waals surface area (Å²) < 4.78 is 45.8. The van der Waals surface area contributed by atoms with Crippen molar-refractivity contribution in [3.8, 4) is 0 Å². The molecule has 0 bridgehead atoms. The number of rotatable bonds is 3. The maximum Gasteiger partial charge on any atom is 0.416 e. The summed E-state index contributed by atoms with van der Waals surface area (Å²) in [5.41, 5.74) is 1.10. The van der Waals surface area contributed by atoms with Crippen LogP contribution in [-0.4, -0.2) is 82.3 Å². The molecule has 1 N–H and O–H groups in total. The van der Waals surface area contributed by atoms with Gasteiger partial charge in [-0.25, -0.2) is 0 Å². The fourth-order valence-corrected chi connectivity index (χ4v) is 4.85. The SMILES string of the molecule is CN=C(NCc1cc(C(F)(F)F)ccc1N1CCN(C)CC1)N1CCC2(CCOC2)C1. The number of piperazine rings is 1. The third kappa shape index (κ3) is 4.92. The average molecular weight is 440 g/mol. The van der Waals surface area contributed by atoms with E-state index in [1.165, 1.54) is 12.1 Å². The van der Waals surface area contributed by atoms with Crippen LogP contribution in [-0.2, 0) is 17.5 Å². The number of guanidine groups is 1. The van der Waals surface area contributed by atoms with Crippen LogP contribution in [0.15, 0.2) is 23.2 Å². The van der Waals surface area contributed by atoms with Gasteiger partial charge in [-0.15, -0.1) is 0 Å². The summed E-state index contributed by atoms with van der Waals surface area (Å²) in [5, 5.41) is 3.33. The number of benzene rings is 1. The van der Waals surface area contributed by atoms with E-state index >= 15 is 0 Å². The van der Waals surface area contributed by atoms with Crippen LogP contribution < -0.4 is 10.2 Å². The lowest BCUT2D eigenvalue weighted by Gasteiger charge is -2.35. The summed E-state index contributed by atoms with van der Waals surface area (Å²) in [7, 11) is 3.79. The van der Waals surface area contributed by atoms with Gasteiger partial charge < -0.3 is 24.8 Å². The van der Waals surface area contributed by atoms with Crippen molar-refractivity contribution in [2.75, 3.05) is 71.5 Å². The fraction of sp³-hybridized carbons (Fsp3) is 0.682. The number of anilines is 1. The summed E-state index contributed by atoms with van der Waals surface area (Å²) >= 11 is 0. The maximum absolute atomic E-state index is 13.4. The number of aliphatic imine (C=N–C) groups is 1. The van der Waals surface area contributed by atoms with E-state index in [4.69, 9.17) is 4.74 Å². The van der Waals surface area contributed by atoms with Crippen molar-refractivity contribution in [1.82, 2.24) is 15.1 Å². The second-order valence-corrected chi connectivity index (χ2v) is 9.01. The highest BCUT2D eigenvalue weighted by Gasteiger charge is 2.42. The Morgan fingerprint density at radius 2 is 1.94 bits per heavy atom. The minimum absolute atomic E-state index is 0.193. The smallest absolute Gasteiger partial charge is 0.381 e. The predicted octanol–water partition coefficient (Wildman–Crippen LogP) is 2.65. The van der Waals surface area contributed by atoms with Crippen molar-refractivity contribution in [2.45, 2.75) is 25.6 Å². The van der Waals surface area contributed by atoms with Gasteiger partial charge in [0.05, 0.1) is 12.2 Å². The molecule has 0 radical (unpaired) electrons. The first-order valence-corrected chi connectivity index (χ1v) is 11.0. The summed E-state index contributed by atoms with van der Waals surface area (Å²) in [6, 6.07) is 4.09. The molecular formula is C22H32F3N5O. The Kier molecular flexibility index (Phi) is 6.35. The lowest BCUT2D eigenvalue weighted by Crippen LogP contribution is -2.45. The Morgan fingerprint density at radius 3 is 2.58 bits per heavy atom. The number of nitrogens with one attached hydrogen (secondary N) is 1. The molecule has 6 nitrogen and oxygen atoms in total. The van der Waals surface area contributed by atoms with E-state index in [0.717, 1.165) is 77.0 Å². The number of nitrogens with zero attached hydrogens (tertiary/aromatic N) is 4. The van der Waals surface area contributed by atoms with Gasteiger partial charge in [0.2, 0.25) is 0 Å². The number of hydrogen-bond acceptors (Lipinski definition) is 4. The Hall–Kier alpha value is -2.00. The number of halogens is 3. The van der Waals surface area contributed by atoms with Crippen LogP contribution in [0.4, 0.5) is 18.9 Å². The molecule has 0 saturated carbocycles. The van der Waals surface area contributed by atoms with Crippen molar-refractivity contribution < 1.29 is 17.9 Å². The number of hydrogen-bond donors (Lipinski definition) is 1. The van der Waals surface area contributed by atoms with Crippen molar-refractivity contribution in [1.29, 1.82) is 0 Å². The molecule has 3 saturated heterocycles. The highest BCUT2D eigenvalue weighted by atomic mass is 19.4. The Labute approximate surface area is 182 Å². The predicted molar refractivity (Wildman–Crippen MR) is 115 cm³/mol. The van der Waals surface area contributed by atoms with Crippen LogP contribution in [0.2, 0.25) is 0 Å². The summed E-state index contributed by atoms with van der Waals surface area (Å²) in [4.78, 5) is 11.0. The molecule has 172 valence electrons. The summed E-state index contributed by atoms with van der Waals surface area (Å²) in [6.45, 7) is 7.05. The molecule has 1 unspecified atom stereocenters. The Morgan fingerprint density at radius 1 is 1.16 bits per heavy atom. The quantitative estimate of drug-likeness (QED) is 0.580. The van der Waals surface area contributed by atoms with Gasteiger partial charge >= 0.3 is 6.18 Å². The standard InChI is InChI=1S/C22H32F3N5O/c1-26-20(30-7-5-21(15-30)6-12-31-16-21)27-14-17-13-18(22(23,24)25)3-4-19(17)29-10-8-28(2)9-11-29/h3-4,13H,5-12,14-16H2,1-2H3,(H,26,27). The molecule has 3 heterocycles. The molecule has 4 rings (SSSR count). The molecule has 0 aliphatic carbocycles. The molecule has 9 heteroatoms. The first-order chi connectivity index (χ1) is 14.8. The molecule has 31 heavy (non-hydrogen) atoms. The first kappa shape index (κ1) is 22.2. The maximum atomic E-state index is 13.4. The zero-order valence-corrected chi connectivity index (χ0v) is 18.3. The van der Waals surface area contributed by atoms with Gasteiger partial charge in [-0.3, -0.25) is 4.99 Å². The molecule has 3 aliphatic rings. The topological polar surface area (TPSA) is 43.3 Å². The molecule has 0 amide bonds. The van der Waals surface area contributed by atoms with Crippen molar-refractivity contribution in [3.05, 3.63) is 29.3 Å². The van der Waals surface area contributed by atoms with Crippen LogP contribution in [0.1, 0.15) is 24.0 Å².